The van der Waals surface area contributed by atoms with E-state index in [0.29, 0.717) is 28.4 Å². The molecule has 6 nitrogen and oxygen atoms in total. The molecular formula is C20H18N4O2. The number of benzene rings is 3. The summed E-state index contributed by atoms with van der Waals surface area (Å²) >= 11 is 0. The number of hydrogen-bond acceptors (Lipinski definition) is 5. The minimum atomic E-state index is -0.255. The number of nitrogen functional groups attached to an aromatic ring is 1. The first kappa shape index (κ1) is 17.2. The molecule has 0 saturated heterocycles. The molecule has 3 rings (SSSR count). The van der Waals surface area contributed by atoms with Gasteiger partial charge in [-0.15, -0.1) is 0 Å². The molecule has 3 aromatic rings. The Hall–Kier alpha value is -3.67. The van der Waals surface area contributed by atoms with Gasteiger partial charge in [0.2, 0.25) is 0 Å². The number of azo groups is 1. The van der Waals surface area contributed by atoms with E-state index in [1.807, 2.05) is 30.3 Å². The normalized spacial score (nSPS) is 10.7. The average Bonchev–Trinajstić information content (AvgIpc) is 2.66. The zero-order valence-corrected chi connectivity index (χ0v) is 14.2. The molecule has 0 unspecified atom stereocenters. The highest BCUT2D eigenvalue weighted by Gasteiger charge is 2.09. The second-order valence-corrected chi connectivity index (χ2v) is 5.47. The second kappa shape index (κ2) is 7.94. The average molecular weight is 346 g/mol. The Balaban J connectivity index is 1.69. The van der Waals surface area contributed by atoms with Gasteiger partial charge in [0.1, 0.15) is 17.2 Å². The van der Waals surface area contributed by atoms with Crippen LogP contribution in [0.1, 0.15) is 10.4 Å². The van der Waals surface area contributed by atoms with Crippen LogP contribution in [0.2, 0.25) is 0 Å². The summed E-state index contributed by atoms with van der Waals surface area (Å²) < 4.78 is 5.73. The summed E-state index contributed by atoms with van der Waals surface area (Å²) in [6.45, 7) is 0. The van der Waals surface area contributed by atoms with Crippen LogP contribution in [-0.4, -0.2) is 13.0 Å². The standard InChI is InChI=1S/C20H18N4O2/c1-22-24-19-13-14(7-12-18(19)21)20(25)23-15-8-10-17(11-9-15)26-16-5-3-2-4-6-16/h2-13H,21H2,1H3,(H,23,25). The highest BCUT2D eigenvalue weighted by atomic mass is 16.5. The highest BCUT2D eigenvalue weighted by molar-refractivity contribution is 6.05. The summed E-state index contributed by atoms with van der Waals surface area (Å²) in [5.41, 5.74) is 7.85. The van der Waals surface area contributed by atoms with Crippen LogP contribution in [0.3, 0.4) is 0 Å². The molecular weight excluding hydrogens is 328 g/mol. The maximum absolute atomic E-state index is 12.4. The van der Waals surface area contributed by atoms with Gasteiger partial charge < -0.3 is 15.8 Å². The van der Waals surface area contributed by atoms with Gasteiger partial charge in [-0.2, -0.15) is 10.2 Å². The first-order valence-electron chi connectivity index (χ1n) is 7.99. The lowest BCUT2D eigenvalue weighted by Gasteiger charge is -2.09. The molecule has 3 aromatic carbocycles. The number of para-hydroxylation sites is 1. The van der Waals surface area contributed by atoms with Gasteiger partial charge in [-0.25, -0.2) is 0 Å². The van der Waals surface area contributed by atoms with Crippen LogP contribution in [0.4, 0.5) is 17.1 Å². The number of amides is 1. The van der Waals surface area contributed by atoms with Crippen molar-refractivity contribution in [3.8, 4) is 11.5 Å². The zero-order valence-electron chi connectivity index (χ0n) is 14.2. The first-order chi connectivity index (χ1) is 12.7. The third-order valence-electron chi connectivity index (χ3n) is 3.59. The number of anilines is 2. The van der Waals surface area contributed by atoms with Crippen LogP contribution in [0, 0.1) is 0 Å². The molecule has 0 atom stereocenters. The summed E-state index contributed by atoms with van der Waals surface area (Å²) in [5, 5.41) is 10.4. The molecule has 0 heterocycles. The minimum Gasteiger partial charge on any atom is -0.457 e. The van der Waals surface area contributed by atoms with Gasteiger partial charge in [-0.3, -0.25) is 4.79 Å². The molecule has 0 radical (unpaired) electrons. The molecule has 3 N–H and O–H groups in total. The fourth-order valence-corrected chi connectivity index (χ4v) is 2.31. The molecule has 26 heavy (non-hydrogen) atoms. The van der Waals surface area contributed by atoms with Gasteiger partial charge in [0.05, 0.1) is 5.69 Å². The van der Waals surface area contributed by atoms with Crippen molar-refractivity contribution in [2.75, 3.05) is 18.1 Å². The molecule has 0 bridgehead atoms. The Morgan fingerprint density at radius 3 is 2.35 bits per heavy atom. The predicted octanol–water partition coefficient (Wildman–Crippen LogP) is 5.03. The fraction of sp³-hybridized carbons (Fsp3) is 0.0500. The Morgan fingerprint density at radius 1 is 0.962 bits per heavy atom. The predicted molar refractivity (Wildman–Crippen MR) is 102 cm³/mol. The van der Waals surface area contributed by atoms with E-state index in [2.05, 4.69) is 15.5 Å². The van der Waals surface area contributed by atoms with E-state index in [1.54, 1.807) is 49.5 Å². The molecule has 0 aromatic heterocycles. The fourth-order valence-electron chi connectivity index (χ4n) is 2.31. The van der Waals surface area contributed by atoms with Gasteiger partial charge in [-0.1, -0.05) is 18.2 Å². The van der Waals surface area contributed by atoms with Crippen molar-refractivity contribution in [2.45, 2.75) is 0 Å². The maximum Gasteiger partial charge on any atom is 0.255 e. The van der Waals surface area contributed by atoms with Gasteiger partial charge in [0.15, 0.2) is 0 Å². The van der Waals surface area contributed by atoms with E-state index in [-0.39, 0.29) is 5.91 Å². The van der Waals surface area contributed by atoms with Gasteiger partial charge in [-0.05, 0) is 54.6 Å². The Bertz CT molecular complexity index is 922. The molecule has 130 valence electrons. The number of ether oxygens (including phenoxy) is 1. The molecule has 1 amide bonds. The van der Waals surface area contributed by atoms with Crippen molar-refractivity contribution in [3.05, 3.63) is 78.4 Å². The van der Waals surface area contributed by atoms with Crippen molar-refractivity contribution in [3.63, 3.8) is 0 Å². The smallest absolute Gasteiger partial charge is 0.255 e. The molecule has 0 aliphatic heterocycles. The van der Waals surface area contributed by atoms with Crippen molar-refractivity contribution in [1.82, 2.24) is 0 Å². The first-order valence-corrected chi connectivity index (χ1v) is 7.99. The number of carbonyl (C=O) groups is 1. The number of carbonyl (C=O) groups excluding carboxylic acids is 1. The molecule has 0 aliphatic carbocycles. The van der Waals surface area contributed by atoms with E-state index in [0.717, 1.165) is 5.75 Å². The van der Waals surface area contributed by atoms with Crippen molar-refractivity contribution in [1.29, 1.82) is 0 Å². The number of rotatable bonds is 5. The lowest BCUT2D eigenvalue weighted by atomic mass is 10.1. The summed E-state index contributed by atoms with van der Waals surface area (Å²) in [6, 6.07) is 21.5. The molecule has 0 fully saturated rings. The summed E-state index contributed by atoms with van der Waals surface area (Å²) in [4.78, 5) is 12.4. The van der Waals surface area contributed by atoms with Crippen molar-refractivity contribution >= 4 is 23.0 Å². The van der Waals surface area contributed by atoms with Crippen LogP contribution in [0.25, 0.3) is 0 Å². The van der Waals surface area contributed by atoms with Crippen LogP contribution in [0.5, 0.6) is 11.5 Å². The van der Waals surface area contributed by atoms with Crippen LogP contribution in [-0.2, 0) is 0 Å². The molecule has 0 saturated carbocycles. The minimum absolute atomic E-state index is 0.255. The Labute approximate surface area is 151 Å². The van der Waals surface area contributed by atoms with E-state index >= 15 is 0 Å². The summed E-state index contributed by atoms with van der Waals surface area (Å²) in [7, 11) is 1.55. The summed E-state index contributed by atoms with van der Waals surface area (Å²) in [6.07, 6.45) is 0. The quantitative estimate of drug-likeness (QED) is 0.502. The van der Waals surface area contributed by atoms with E-state index < -0.39 is 0 Å². The highest BCUT2D eigenvalue weighted by Crippen LogP contribution is 2.25. The monoisotopic (exact) mass is 346 g/mol. The van der Waals surface area contributed by atoms with Crippen LogP contribution < -0.4 is 15.8 Å². The van der Waals surface area contributed by atoms with Crippen molar-refractivity contribution in [2.24, 2.45) is 10.2 Å². The lowest BCUT2D eigenvalue weighted by molar-refractivity contribution is 0.102. The number of nitrogens with zero attached hydrogens (tertiary/aromatic N) is 2. The van der Waals surface area contributed by atoms with Crippen molar-refractivity contribution < 1.29 is 9.53 Å². The summed E-state index contributed by atoms with van der Waals surface area (Å²) in [5.74, 6) is 1.19. The van der Waals surface area contributed by atoms with Crippen LogP contribution >= 0.6 is 0 Å². The van der Waals surface area contributed by atoms with E-state index in [9.17, 15) is 4.79 Å². The third-order valence-corrected chi connectivity index (χ3v) is 3.59. The molecule has 0 spiro atoms. The number of nitrogens with two attached hydrogens (primary N) is 1. The SMILES string of the molecule is CN=Nc1cc(C(=O)Nc2ccc(Oc3ccccc3)cc2)ccc1N. The van der Waals surface area contributed by atoms with Gasteiger partial charge in [0.25, 0.3) is 5.91 Å². The molecule has 0 aliphatic rings. The number of nitrogens with one attached hydrogen (secondary N) is 1. The van der Waals surface area contributed by atoms with Crippen LogP contribution in [0.15, 0.2) is 83.0 Å². The van der Waals surface area contributed by atoms with E-state index in [1.165, 1.54) is 0 Å². The maximum atomic E-state index is 12.4. The van der Waals surface area contributed by atoms with E-state index in [4.69, 9.17) is 10.5 Å². The second-order valence-electron chi connectivity index (χ2n) is 5.47. The van der Waals surface area contributed by atoms with Gasteiger partial charge >= 0.3 is 0 Å². The third kappa shape index (κ3) is 4.24. The number of hydrogen-bond donors (Lipinski definition) is 2. The Kier molecular flexibility index (Phi) is 5.24. The zero-order chi connectivity index (χ0) is 18.4. The van der Waals surface area contributed by atoms with Gasteiger partial charge in [0, 0.05) is 18.3 Å². The Morgan fingerprint density at radius 2 is 1.65 bits per heavy atom. The topological polar surface area (TPSA) is 89.1 Å². The molecule has 6 heteroatoms. The largest absolute Gasteiger partial charge is 0.457 e. The lowest BCUT2D eigenvalue weighted by Crippen LogP contribution is -2.11.